The van der Waals surface area contributed by atoms with Crippen LogP contribution in [0.5, 0.6) is 5.75 Å². The van der Waals surface area contributed by atoms with Crippen molar-refractivity contribution in [3.63, 3.8) is 0 Å². The van der Waals surface area contributed by atoms with Crippen molar-refractivity contribution in [2.45, 2.75) is 39.2 Å². The van der Waals surface area contributed by atoms with Crippen molar-refractivity contribution in [3.05, 3.63) is 65.2 Å². The molecule has 5 heteroatoms. The van der Waals surface area contributed by atoms with E-state index in [9.17, 15) is 8.42 Å². The quantitative estimate of drug-likeness (QED) is 0.845. The Balaban J connectivity index is 1.98. The molecule has 0 heterocycles. The Kier molecular flexibility index (Phi) is 5.80. The molecule has 0 fully saturated rings. The molecule has 4 nitrogen and oxygen atoms in total. The van der Waals surface area contributed by atoms with Gasteiger partial charge in [0.15, 0.2) is 0 Å². The molecule has 0 aliphatic carbocycles. The summed E-state index contributed by atoms with van der Waals surface area (Å²) in [4.78, 5) is 0. The van der Waals surface area contributed by atoms with Crippen molar-refractivity contribution < 1.29 is 13.2 Å². The van der Waals surface area contributed by atoms with Crippen LogP contribution >= 0.6 is 0 Å². The van der Waals surface area contributed by atoms with Gasteiger partial charge in [-0.3, -0.25) is 0 Å². The summed E-state index contributed by atoms with van der Waals surface area (Å²) in [5.41, 5.74) is 2.69. The first kappa shape index (κ1) is 17.5. The van der Waals surface area contributed by atoms with Crippen LogP contribution in [-0.4, -0.2) is 14.5 Å². The summed E-state index contributed by atoms with van der Waals surface area (Å²) in [7, 11) is -3.36. The van der Waals surface area contributed by atoms with Gasteiger partial charge < -0.3 is 4.74 Å². The molecule has 0 unspecified atom stereocenters. The summed E-state index contributed by atoms with van der Waals surface area (Å²) in [6.45, 7) is 6.19. The van der Waals surface area contributed by atoms with Crippen LogP contribution in [0.2, 0.25) is 0 Å². The molecule has 0 amide bonds. The van der Waals surface area contributed by atoms with Gasteiger partial charge in [-0.25, -0.2) is 13.1 Å². The highest BCUT2D eigenvalue weighted by Gasteiger charge is 2.11. The van der Waals surface area contributed by atoms with Crippen molar-refractivity contribution >= 4 is 10.0 Å². The molecule has 23 heavy (non-hydrogen) atoms. The van der Waals surface area contributed by atoms with E-state index < -0.39 is 10.0 Å². The van der Waals surface area contributed by atoms with E-state index in [1.807, 2.05) is 57.2 Å². The number of ether oxygens (including phenoxy) is 1. The molecule has 2 aromatic rings. The molecule has 2 aromatic carbocycles. The van der Waals surface area contributed by atoms with Crippen molar-refractivity contribution in [2.24, 2.45) is 0 Å². The van der Waals surface area contributed by atoms with E-state index in [0.717, 1.165) is 22.4 Å². The second-order valence-electron chi connectivity index (χ2n) is 5.83. The molecular formula is C18H23NO3S. The van der Waals surface area contributed by atoms with Crippen LogP contribution in [-0.2, 0) is 22.3 Å². The number of aryl methyl sites for hydroxylation is 1. The molecule has 0 saturated heterocycles. The minimum absolute atomic E-state index is 0.0125. The van der Waals surface area contributed by atoms with E-state index in [0.29, 0.717) is 0 Å². The molecular weight excluding hydrogens is 310 g/mol. The molecule has 124 valence electrons. The van der Waals surface area contributed by atoms with E-state index in [4.69, 9.17) is 4.74 Å². The smallest absolute Gasteiger partial charge is 0.216 e. The van der Waals surface area contributed by atoms with E-state index >= 15 is 0 Å². The van der Waals surface area contributed by atoms with Gasteiger partial charge in [0.25, 0.3) is 0 Å². The number of hydrogen-bond acceptors (Lipinski definition) is 3. The van der Waals surface area contributed by atoms with Crippen molar-refractivity contribution in [3.8, 4) is 5.75 Å². The van der Waals surface area contributed by atoms with Crippen LogP contribution in [0.3, 0.4) is 0 Å². The topological polar surface area (TPSA) is 55.4 Å². The second-order valence-corrected chi connectivity index (χ2v) is 7.64. The fraction of sp³-hybridized carbons (Fsp3) is 0.333. The van der Waals surface area contributed by atoms with Gasteiger partial charge in [0.2, 0.25) is 10.0 Å². The van der Waals surface area contributed by atoms with Crippen molar-refractivity contribution in [1.82, 2.24) is 4.72 Å². The van der Waals surface area contributed by atoms with Gasteiger partial charge in [0.1, 0.15) is 5.75 Å². The Bertz CT molecular complexity index is 740. The maximum absolute atomic E-state index is 12.1. The maximum atomic E-state index is 12.1. The lowest BCUT2D eigenvalue weighted by Crippen LogP contribution is -2.24. The molecule has 0 saturated carbocycles. The molecule has 0 aromatic heterocycles. The summed E-state index contributed by atoms with van der Waals surface area (Å²) >= 11 is 0. The fourth-order valence-electron chi connectivity index (χ4n) is 2.25. The highest BCUT2D eigenvalue weighted by atomic mass is 32.2. The number of benzene rings is 2. The highest BCUT2D eigenvalue weighted by Crippen LogP contribution is 2.20. The molecule has 1 N–H and O–H groups in total. The summed E-state index contributed by atoms with van der Waals surface area (Å²) in [5.74, 6) is 0.817. The van der Waals surface area contributed by atoms with Gasteiger partial charge >= 0.3 is 0 Å². The molecule has 0 radical (unpaired) electrons. The molecule has 2 rings (SSSR count). The zero-order valence-corrected chi connectivity index (χ0v) is 14.6. The van der Waals surface area contributed by atoms with Crippen LogP contribution in [0, 0.1) is 6.92 Å². The summed E-state index contributed by atoms with van der Waals surface area (Å²) in [5, 5.41) is 0. The minimum Gasteiger partial charge on any atom is -0.491 e. The third-order valence-electron chi connectivity index (χ3n) is 3.30. The highest BCUT2D eigenvalue weighted by molar-refractivity contribution is 7.88. The number of hydrogen-bond donors (Lipinski definition) is 1. The lowest BCUT2D eigenvalue weighted by Gasteiger charge is -2.13. The van der Waals surface area contributed by atoms with Crippen molar-refractivity contribution in [2.75, 3.05) is 0 Å². The Labute approximate surface area is 138 Å². The van der Waals surface area contributed by atoms with E-state index in [1.54, 1.807) is 12.1 Å². The molecule has 0 bridgehead atoms. The van der Waals surface area contributed by atoms with Crippen LogP contribution in [0.15, 0.2) is 48.5 Å². The first-order chi connectivity index (χ1) is 10.9. The standard InChI is InChI=1S/C18H23NO3S/c1-14(2)22-18-10-9-17(11-15(18)3)12-19-23(20,21)13-16-7-5-4-6-8-16/h4-11,14,19H,12-13H2,1-3H3. The molecule has 0 aliphatic rings. The van der Waals surface area contributed by atoms with Crippen LogP contribution in [0.4, 0.5) is 0 Å². The second kappa shape index (κ2) is 7.62. The van der Waals surface area contributed by atoms with Crippen molar-refractivity contribution in [1.29, 1.82) is 0 Å². The molecule has 0 atom stereocenters. The Morgan fingerprint density at radius 1 is 1.04 bits per heavy atom. The Morgan fingerprint density at radius 3 is 2.35 bits per heavy atom. The van der Waals surface area contributed by atoms with E-state index in [2.05, 4.69) is 4.72 Å². The van der Waals surface area contributed by atoms with Crippen LogP contribution in [0.1, 0.15) is 30.5 Å². The maximum Gasteiger partial charge on any atom is 0.216 e. The summed E-state index contributed by atoms with van der Waals surface area (Å²) < 4.78 is 32.6. The minimum atomic E-state index is -3.36. The third-order valence-corrected chi connectivity index (χ3v) is 4.60. The largest absolute Gasteiger partial charge is 0.491 e. The van der Waals surface area contributed by atoms with Gasteiger partial charge in [-0.2, -0.15) is 0 Å². The number of rotatable bonds is 7. The Hall–Kier alpha value is -1.85. The molecule has 0 aliphatic heterocycles. The zero-order valence-electron chi connectivity index (χ0n) is 13.7. The predicted octanol–water partition coefficient (Wildman–Crippen LogP) is 3.40. The zero-order chi connectivity index (χ0) is 16.9. The average Bonchev–Trinajstić information content (AvgIpc) is 2.48. The van der Waals surface area contributed by atoms with Gasteiger partial charge in [0, 0.05) is 6.54 Å². The molecule has 0 spiro atoms. The number of sulfonamides is 1. The monoisotopic (exact) mass is 333 g/mol. The predicted molar refractivity (Wildman–Crippen MR) is 92.8 cm³/mol. The van der Waals surface area contributed by atoms with Crippen LogP contribution in [0.25, 0.3) is 0 Å². The normalized spacial score (nSPS) is 11.7. The fourth-order valence-corrected chi connectivity index (χ4v) is 3.37. The van der Waals surface area contributed by atoms with Gasteiger partial charge in [-0.1, -0.05) is 42.5 Å². The van der Waals surface area contributed by atoms with Gasteiger partial charge in [-0.15, -0.1) is 0 Å². The van der Waals surface area contributed by atoms with E-state index in [-0.39, 0.29) is 18.4 Å². The first-order valence-electron chi connectivity index (χ1n) is 7.63. The average molecular weight is 333 g/mol. The van der Waals surface area contributed by atoms with Gasteiger partial charge in [-0.05, 0) is 43.5 Å². The summed E-state index contributed by atoms with van der Waals surface area (Å²) in [6, 6.07) is 14.9. The number of nitrogens with one attached hydrogen (secondary N) is 1. The SMILES string of the molecule is Cc1cc(CNS(=O)(=O)Cc2ccccc2)ccc1OC(C)C. The Morgan fingerprint density at radius 2 is 1.74 bits per heavy atom. The lowest BCUT2D eigenvalue weighted by atomic mass is 10.1. The first-order valence-corrected chi connectivity index (χ1v) is 9.28. The van der Waals surface area contributed by atoms with Gasteiger partial charge in [0.05, 0.1) is 11.9 Å². The van der Waals surface area contributed by atoms with Crippen LogP contribution < -0.4 is 9.46 Å². The van der Waals surface area contributed by atoms with E-state index in [1.165, 1.54) is 0 Å². The third kappa shape index (κ3) is 5.69. The summed E-state index contributed by atoms with van der Waals surface area (Å²) in [6.07, 6.45) is 0.115. The lowest BCUT2D eigenvalue weighted by molar-refractivity contribution is 0.240.